The highest BCUT2D eigenvalue weighted by molar-refractivity contribution is 7.92. The van der Waals surface area contributed by atoms with Gasteiger partial charge >= 0.3 is 0 Å². The maximum absolute atomic E-state index is 13.3. The van der Waals surface area contributed by atoms with E-state index < -0.39 is 16.1 Å². The van der Waals surface area contributed by atoms with Gasteiger partial charge in [-0.2, -0.15) is 0 Å². The minimum atomic E-state index is -3.95. The number of carbonyl (C=O) groups is 2. The van der Waals surface area contributed by atoms with Gasteiger partial charge < -0.3 is 19.5 Å². The lowest BCUT2D eigenvalue weighted by molar-refractivity contribution is -0.143. The van der Waals surface area contributed by atoms with E-state index in [1.165, 1.54) is 6.07 Å². The number of nitrogens with one attached hydrogen (secondary N) is 2. The van der Waals surface area contributed by atoms with Crippen LogP contribution in [0.5, 0.6) is 0 Å². The van der Waals surface area contributed by atoms with Gasteiger partial charge in [-0.25, -0.2) is 8.42 Å². The molecule has 0 aliphatic rings. The summed E-state index contributed by atoms with van der Waals surface area (Å²) in [4.78, 5) is 27.8. The molecule has 222 valence electrons. The molecule has 2 amide bonds. The fourth-order valence-electron chi connectivity index (χ4n) is 4.50. The molecule has 0 unspecified atom stereocenters. The predicted octanol–water partition coefficient (Wildman–Crippen LogP) is 4.68. The van der Waals surface area contributed by atoms with Gasteiger partial charge in [0.05, 0.1) is 11.5 Å². The van der Waals surface area contributed by atoms with E-state index >= 15 is 0 Å². The van der Waals surface area contributed by atoms with Crippen molar-refractivity contribution in [1.29, 1.82) is 0 Å². The fraction of sp³-hybridized carbons (Fsp3) is 0.433. The van der Waals surface area contributed by atoms with Crippen molar-refractivity contribution < 1.29 is 27.3 Å². The standard InChI is InChI=1S/C30H40N4O6S/c1-7-10-27(35)34(17-18-39-6)28(20(2)3)30(36)31-19-23-13-15-24(16-14-23)25-11-8-9-12-26(25)41(37,38)33-29-21(4)22(5)40-32-29/h8-9,11-16,20,28H,7,10,17-19H2,1-6H3,(H,31,36)(H,32,33)/t28-/m0/s1. The van der Waals surface area contributed by atoms with Crippen LogP contribution in [0.3, 0.4) is 0 Å². The molecule has 1 aromatic heterocycles. The molecular weight excluding hydrogens is 544 g/mol. The van der Waals surface area contributed by atoms with Crippen molar-refractivity contribution in [3.05, 3.63) is 65.4 Å². The van der Waals surface area contributed by atoms with Gasteiger partial charge in [0, 0.05) is 37.7 Å². The summed E-state index contributed by atoms with van der Waals surface area (Å²) in [5, 5.41) is 6.78. The zero-order valence-electron chi connectivity index (χ0n) is 24.6. The second kappa shape index (κ2) is 14.3. The van der Waals surface area contributed by atoms with Gasteiger partial charge in [0.1, 0.15) is 11.8 Å². The molecule has 1 heterocycles. The van der Waals surface area contributed by atoms with Crippen LogP contribution in [0.25, 0.3) is 11.1 Å². The summed E-state index contributed by atoms with van der Waals surface area (Å²) < 4.78 is 39.3. The largest absolute Gasteiger partial charge is 0.383 e. The summed E-state index contributed by atoms with van der Waals surface area (Å²) in [6, 6.07) is 13.4. The number of aromatic nitrogens is 1. The summed E-state index contributed by atoms with van der Waals surface area (Å²) in [5.41, 5.74) is 2.68. The topological polar surface area (TPSA) is 131 Å². The number of rotatable bonds is 14. The van der Waals surface area contributed by atoms with Crippen molar-refractivity contribution in [3.8, 4) is 11.1 Å². The molecule has 3 rings (SSSR count). The number of ether oxygens (including phenoxy) is 1. The van der Waals surface area contributed by atoms with Crippen LogP contribution in [-0.2, 0) is 30.9 Å². The van der Waals surface area contributed by atoms with Crippen molar-refractivity contribution in [1.82, 2.24) is 15.4 Å². The average Bonchev–Trinajstić information content (AvgIpc) is 3.25. The molecular formula is C30H40N4O6S. The summed E-state index contributed by atoms with van der Waals surface area (Å²) in [6.45, 7) is 10.2. The Morgan fingerprint density at radius 3 is 2.34 bits per heavy atom. The highest BCUT2D eigenvalue weighted by Crippen LogP contribution is 2.30. The fourth-order valence-corrected chi connectivity index (χ4v) is 5.79. The number of hydrogen-bond donors (Lipinski definition) is 2. The maximum atomic E-state index is 13.3. The van der Waals surface area contributed by atoms with E-state index in [0.29, 0.717) is 48.4 Å². The number of amides is 2. The van der Waals surface area contributed by atoms with E-state index in [0.717, 1.165) is 5.56 Å². The van der Waals surface area contributed by atoms with Gasteiger partial charge in [0.15, 0.2) is 5.82 Å². The van der Waals surface area contributed by atoms with Crippen LogP contribution in [0.2, 0.25) is 0 Å². The Bertz CT molecular complexity index is 1430. The summed E-state index contributed by atoms with van der Waals surface area (Å²) >= 11 is 0. The highest BCUT2D eigenvalue weighted by Gasteiger charge is 2.31. The second-order valence-corrected chi connectivity index (χ2v) is 11.9. The summed E-state index contributed by atoms with van der Waals surface area (Å²) in [7, 11) is -2.38. The van der Waals surface area contributed by atoms with Crippen LogP contribution < -0.4 is 10.0 Å². The van der Waals surface area contributed by atoms with E-state index in [-0.39, 0.29) is 35.0 Å². The van der Waals surface area contributed by atoms with E-state index in [1.807, 2.05) is 45.0 Å². The van der Waals surface area contributed by atoms with E-state index in [9.17, 15) is 18.0 Å². The number of nitrogens with zero attached hydrogens (tertiary/aromatic N) is 2. The molecule has 0 aliphatic heterocycles. The molecule has 2 N–H and O–H groups in total. The molecule has 41 heavy (non-hydrogen) atoms. The van der Waals surface area contributed by atoms with Crippen LogP contribution in [0.1, 0.15) is 50.5 Å². The first-order valence-electron chi connectivity index (χ1n) is 13.7. The number of aryl methyl sites for hydroxylation is 1. The van der Waals surface area contributed by atoms with Crippen molar-refractivity contribution in [3.63, 3.8) is 0 Å². The smallest absolute Gasteiger partial charge is 0.263 e. The lowest BCUT2D eigenvalue weighted by atomic mass is 10.00. The number of hydrogen-bond acceptors (Lipinski definition) is 7. The van der Waals surface area contributed by atoms with Crippen LogP contribution in [0, 0.1) is 19.8 Å². The number of sulfonamides is 1. The third-order valence-corrected chi connectivity index (χ3v) is 8.25. The number of carbonyl (C=O) groups excluding carboxylic acids is 2. The minimum absolute atomic E-state index is 0.0697. The molecule has 0 aliphatic carbocycles. The summed E-state index contributed by atoms with van der Waals surface area (Å²) in [6.07, 6.45) is 1.06. The van der Waals surface area contributed by atoms with Crippen LogP contribution in [0.4, 0.5) is 5.82 Å². The quantitative estimate of drug-likeness (QED) is 0.281. The first kappa shape index (κ1) is 31.8. The normalized spacial score (nSPS) is 12.3. The van der Waals surface area contributed by atoms with E-state index in [4.69, 9.17) is 9.26 Å². The third-order valence-electron chi connectivity index (χ3n) is 6.85. The van der Waals surface area contributed by atoms with Gasteiger partial charge in [0.2, 0.25) is 11.8 Å². The lowest BCUT2D eigenvalue weighted by Gasteiger charge is -2.33. The van der Waals surface area contributed by atoms with Gasteiger partial charge in [-0.15, -0.1) is 0 Å². The molecule has 2 aromatic carbocycles. The van der Waals surface area contributed by atoms with Crippen molar-refractivity contribution >= 4 is 27.7 Å². The Morgan fingerprint density at radius 2 is 1.76 bits per heavy atom. The van der Waals surface area contributed by atoms with E-state index in [2.05, 4.69) is 15.2 Å². The molecule has 11 heteroatoms. The first-order chi connectivity index (χ1) is 19.5. The lowest BCUT2D eigenvalue weighted by Crippen LogP contribution is -2.53. The Hall–Kier alpha value is -3.70. The predicted molar refractivity (Wildman–Crippen MR) is 158 cm³/mol. The molecule has 10 nitrogen and oxygen atoms in total. The van der Waals surface area contributed by atoms with Crippen LogP contribution in [0.15, 0.2) is 57.9 Å². The zero-order valence-corrected chi connectivity index (χ0v) is 25.4. The minimum Gasteiger partial charge on any atom is -0.383 e. The van der Waals surface area contributed by atoms with Gasteiger partial charge in [-0.3, -0.25) is 14.3 Å². The molecule has 0 radical (unpaired) electrons. The third kappa shape index (κ3) is 7.95. The number of methoxy groups -OCH3 is 1. The molecule has 0 fully saturated rings. The van der Waals surface area contributed by atoms with Gasteiger partial charge in [-0.1, -0.05) is 68.4 Å². The highest BCUT2D eigenvalue weighted by atomic mass is 32.2. The number of benzene rings is 2. The Kier molecular flexibility index (Phi) is 11.1. The Morgan fingerprint density at radius 1 is 1.07 bits per heavy atom. The second-order valence-electron chi connectivity index (χ2n) is 10.2. The Balaban J connectivity index is 1.76. The maximum Gasteiger partial charge on any atom is 0.263 e. The van der Waals surface area contributed by atoms with Crippen molar-refractivity contribution in [2.45, 2.75) is 64.9 Å². The molecule has 0 bridgehead atoms. The van der Waals surface area contributed by atoms with Crippen LogP contribution in [-0.4, -0.2) is 56.6 Å². The molecule has 1 atom stereocenters. The molecule has 0 saturated heterocycles. The van der Waals surface area contributed by atoms with Crippen molar-refractivity contribution in [2.75, 3.05) is 25.0 Å². The SMILES string of the molecule is CCCC(=O)N(CCOC)[C@H](C(=O)NCc1ccc(-c2ccccc2S(=O)(=O)Nc2noc(C)c2C)cc1)C(C)C. The van der Waals surface area contributed by atoms with Crippen LogP contribution >= 0.6 is 0 Å². The molecule has 0 spiro atoms. The van der Waals surface area contributed by atoms with E-state index in [1.54, 1.807) is 44.1 Å². The summed E-state index contributed by atoms with van der Waals surface area (Å²) in [5.74, 6) is 0.297. The Labute approximate surface area is 242 Å². The monoisotopic (exact) mass is 584 g/mol. The molecule has 0 saturated carbocycles. The zero-order chi connectivity index (χ0) is 30.2. The van der Waals surface area contributed by atoms with Gasteiger partial charge in [0.25, 0.3) is 10.0 Å². The molecule has 3 aromatic rings. The van der Waals surface area contributed by atoms with Crippen molar-refractivity contribution in [2.24, 2.45) is 5.92 Å². The first-order valence-corrected chi connectivity index (χ1v) is 15.2. The number of anilines is 1. The average molecular weight is 585 g/mol. The van der Waals surface area contributed by atoms with Gasteiger partial charge in [-0.05, 0) is 43.4 Å².